The Labute approximate surface area is 158 Å². The number of benzene rings is 1. The first kappa shape index (κ1) is 19.3. The lowest BCUT2D eigenvalue weighted by molar-refractivity contribution is -1.03. The molecule has 2 fully saturated rings. The molecule has 146 valence electrons. The Morgan fingerprint density at radius 3 is 1.96 bits per heavy atom. The highest BCUT2D eigenvalue weighted by molar-refractivity contribution is 5.50. The molecule has 0 radical (unpaired) electrons. The van der Waals surface area contributed by atoms with Crippen LogP contribution >= 0.6 is 0 Å². The van der Waals surface area contributed by atoms with Crippen LogP contribution in [0.3, 0.4) is 0 Å². The van der Waals surface area contributed by atoms with Gasteiger partial charge in [0.25, 0.3) is 0 Å². The Morgan fingerprint density at radius 2 is 1.38 bits per heavy atom. The van der Waals surface area contributed by atoms with E-state index in [0.29, 0.717) is 0 Å². The molecule has 0 spiro atoms. The molecular weight excluding hydrogens is 328 g/mol. The molecule has 1 aliphatic heterocycles. The van der Waals surface area contributed by atoms with E-state index < -0.39 is 0 Å². The molecule has 0 amide bonds. The monoisotopic (exact) mass is 364 g/mol. The van der Waals surface area contributed by atoms with E-state index in [2.05, 4.69) is 13.0 Å². The van der Waals surface area contributed by atoms with Crippen molar-refractivity contribution < 1.29 is 24.0 Å². The molecule has 5 nitrogen and oxygen atoms in total. The Bertz CT molecular complexity index is 577. The van der Waals surface area contributed by atoms with Crippen LogP contribution in [0.25, 0.3) is 0 Å². The van der Waals surface area contributed by atoms with Crippen LogP contribution in [0.4, 0.5) is 0 Å². The van der Waals surface area contributed by atoms with Crippen molar-refractivity contribution in [1.29, 1.82) is 0 Å². The Morgan fingerprint density at radius 1 is 0.808 bits per heavy atom. The lowest BCUT2D eigenvalue weighted by Gasteiger charge is -2.37. The summed E-state index contributed by atoms with van der Waals surface area (Å²) in [4.78, 5) is 3.49. The van der Waals surface area contributed by atoms with Gasteiger partial charge >= 0.3 is 0 Å². The molecule has 1 heterocycles. The van der Waals surface area contributed by atoms with Crippen LogP contribution in [0, 0.1) is 5.92 Å². The molecule has 0 bridgehead atoms. The average Bonchev–Trinajstić information content (AvgIpc) is 2.69. The Kier molecular flexibility index (Phi) is 6.65. The Hall–Kier alpha value is -1.46. The summed E-state index contributed by atoms with van der Waals surface area (Å²) in [7, 11) is 5.08. The summed E-state index contributed by atoms with van der Waals surface area (Å²) < 4.78 is 16.5. The van der Waals surface area contributed by atoms with Gasteiger partial charge in [-0.1, -0.05) is 6.92 Å². The molecule has 26 heavy (non-hydrogen) atoms. The zero-order valence-electron chi connectivity index (χ0n) is 16.9. The van der Waals surface area contributed by atoms with E-state index in [-0.39, 0.29) is 0 Å². The van der Waals surface area contributed by atoms with E-state index in [1.165, 1.54) is 57.4 Å². The van der Waals surface area contributed by atoms with E-state index >= 15 is 0 Å². The van der Waals surface area contributed by atoms with E-state index in [1.807, 2.05) is 11.0 Å². The highest BCUT2D eigenvalue weighted by Gasteiger charge is 2.32. The fraction of sp³-hybridized carbons (Fsp3) is 0.714. The molecule has 0 unspecified atom stereocenters. The summed E-state index contributed by atoms with van der Waals surface area (Å²) in [5, 5.41) is 0. The van der Waals surface area contributed by atoms with Crippen molar-refractivity contribution >= 4 is 0 Å². The smallest absolute Gasteiger partial charge is 0.164 e. The zero-order valence-corrected chi connectivity index (χ0v) is 16.9. The van der Waals surface area contributed by atoms with Gasteiger partial charge < -0.3 is 24.0 Å². The van der Waals surface area contributed by atoms with Gasteiger partial charge in [0.1, 0.15) is 38.5 Å². The van der Waals surface area contributed by atoms with Gasteiger partial charge in [-0.2, -0.15) is 0 Å². The third-order valence-corrected chi connectivity index (χ3v) is 6.42. The van der Waals surface area contributed by atoms with Crippen LogP contribution in [0.2, 0.25) is 0 Å². The summed E-state index contributed by atoms with van der Waals surface area (Å²) in [6, 6.07) is 4.92. The quantitative estimate of drug-likeness (QED) is 0.775. The lowest BCUT2D eigenvalue weighted by atomic mass is 9.86. The molecule has 1 aromatic rings. The molecule has 2 aliphatic rings. The molecule has 0 atom stereocenters. The number of ether oxygens (including phenoxy) is 3. The van der Waals surface area contributed by atoms with Crippen molar-refractivity contribution in [3.8, 4) is 17.2 Å². The minimum absolute atomic E-state index is 0.726. The minimum Gasteiger partial charge on any atom is -0.496 e. The van der Waals surface area contributed by atoms with Gasteiger partial charge in [0.05, 0.1) is 32.9 Å². The average molecular weight is 365 g/mol. The number of piperazine rings is 1. The van der Waals surface area contributed by atoms with Crippen molar-refractivity contribution in [3.63, 3.8) is 0 Å². The maximum Gasteiger partial charge on any atom is 0.164 e. The van der Waals surface area contributed by atoms with Crippen molar-refractivity contribution in [3.05, 3.63) is 17.7 Å². The van der Waals surface area contributed by atoms with Crippen LogP contribution in [0.15, 0.2) is 12.1 Å². The molecule has 3 rings (SSSR count). The van der Waals surface area contributed by atoms with Crippen LogP contribution < -0.4 is 24.0 Å². The second-order valence-corrected chi connectivity index (χ2v) is 8.06. The summed E-state index contributed by atoms with van der Waals surface area (Å²) in [5.74, 6) is 3.34. The fourth-order valence-electron chi connectivity index (χ4n) is 4.68. The molecule has 1 saturated heterocycles. The minimum atomic E-state index is 0.726. The molecule has 1 saturated carbocycles. The van der Waals surface area contributed by atoms with Crippen LogP contribution in [0.5, 0.6) is 17.2 Å². The number of rotatable bonds is 6. The first-order valence-corrected chi connectivity index (χ1v) is 10.1. The first-order valence-electron chi connectivity index (χ1n) is 10.1. The van der Waals surface area contributed by atoms with Gasteiger partial charge in [-0.15, -0.1) is 0 Å². The van der Waals surface area contributed by atoms with Crippen LogP contribution in [-0.2, 0) is 6.54 Å². The van der Waals surface area contributed by atoms with E-state index in [1.54, 1.807) is 26.2 Å². The topological polar surface area (TPSA) is 36.6 Å². The second-order valence-electron chi connectivity index (χ2n) is 8.06. The molecule has 5 heteroatoms. The van der Waals surface area contributed by atoms with Gasteiger partial charge in [-0.3, -0.25) is 0 Å². The number of hydrogen-bond acceptors (Lipinski definition) is 3. The van der Waals surface area contributed by atoms with Crippen molar-refractivity contribution in [2.24, 2.45) is 5.92 Å². The predicted octanol–water partition coefficient (Wildman–Crippen LogP) is 0.575. The maximum absolute atomic E-state index is 5.60. The fourth-order valence-corrected chi connectivity index (χ4v) is 4.68. The van der Waals surface area contributed by atoms with Crippen LogP contribution in [-0.4, -0.2) is 53.6 Å². The Balaban J connectivity index is 1.59. The molecule has 2 N–H and O–H groups in total. The zero-order chi connectivity index (χ0) is 18.5. The maximum atomic E-state index is 5.60. The number of nitrogens with one attached hydrogen (secondary N) is 2. The van der Waals surface area contributed by atoms with Gasteiger partial charge in [0, 0.05) is 6.07 Å². The van der Waals surface area contributed by atoms with Gasteiger partial charge in [-0.25, -0.2) is 0 Å². The predicted molar refractivity (Wildman–Crippen MR) is 103 cm³/mol. The summed E-state index contributed by atoms with van der Waals surface area (Å²) >= 11 is 0. The standard InChI is InChI=1S/C21H34N2O3/c1-16-5-7-18(8-6-16)23-11-9-22(10-12-23)15-17-13-20(25-3)21(26-4)14-19(17)24-2/h13-14,16,18H,5-12,15H2,1-4H3/p+2. The number of methoxy groups -OCH3 is 3. The van der Waals surface area contributed by atoms with Crippen LogP contribution in [0.1, 0.15) is 38.2 Å². The summed E-state index contributed by atoms with van der Waals surface area (Å²) in [6.45, 7) is 8.45. The lowest BCUT2D eigenvalue weighted by Crippen LogP contribution is -3.29. The van der Waals surface area contributed by atoms with E-state index in [4.69, 9.17) is 14.2 Å². The summed E-state index contributed by atoms with van der Waals surface area (Å²) in [6.07, 6.45) is 5.70. The summed E-state index contributed by atoms with van der Waals surface area (Å²) in [5.41, 5.74) is 1.20. The van der Waals surface area contributed by atoms with Gasteiger partial charge in [0.2, 0.25) is 0 Å². The third kappa shape index (κ3) is 4.44. The largest absolute Gasteiger partial charge is 0.496 e. The van der Waals surface area contributed by atoms with Crippen molar-refractivity contribution in [2.45, 2.75) is 45.2 Å². The van der Waals surface area contributed by atoms with Gasteiger partial charge in [0.15, 0.2) is 11.5 Å². The molecule has 1 aliphatic carbocycles. The van der Waals surface area contributed by atoms with E-state index in [9.17, 15) is 0 Å². The molecule has 0 aromatic heterocycles. The highest BCUT2D eigenvalue weighted by Crippen LogP contribution is 2.34. The SMILES string of the molecule is COc1cc(OC)c(OC)cc1C[NH+]1CC[NH+](C2CCC(C)CC2)CC1. The first-order chi connectivity index (χ1) is 12.6. The normalized spacial score (nSPS) is 29.2. The van der Waals surface area contributed by atoms with Crippen molar-refractivity contribution in [2.75, 3.05) is 47.5 Å². The van der Waals surface area contributed by atoms with Crippen molar-refractivity contribution in [1.82, 2.24) is 0 Å². The third-order valence-electron chi connectivity index (χ3n) is 6.42. The van der Waals surface area contributed by atoms with E-state index in [0.717, 1.165) is 35.8 Å². The highest BCUT2D eigenvalue weighted by atomic mass is 16.5. The van der Waals surface area contributed by atoms with Gasteiger partial charge in [-0.05, 0) is 37.7 Å². The molecular formula is C21H36N2O3+2. The number of hydrogen-bond donors (Lipinski definition) is 2. The molecule has 1 aromatic carbocycles. The number of quaternary nitrogens is 2. The second kappa shape index (κ2) is 8.96.